The molecule has 76 valence electrons. The van der Waals surface area contributed by atoms with Crippen molar-refractivity contribution < 1.29 is 5.11 Å². The molecule has 0 unspecified atom stereocenters. The molecule has 0 aliphatic heterocycles. The molecule has 2 N–H and O–H groups in total. The van der Waals surface area contributed by atoms with E-state index in [-0.39, 0.29) is 12.1 Å². The average molecular weight is 193 g/mol. The van der Waals surface area contributed by atoms with E-state index in [4.69, 9.17) is 0 Å². The molecule has 1 saturated carbocycles. The highest BCUT2D eigenvalue weighted by Gasteiger charge is 2.24. The van der Waals surface area contributed by atoms with Crippen LogP contribution >= 0.6 is 0 Å². The molecule has 0 amide bonds. The van der Waals surface area contributed by atoms with Crippen LogP contribution in [0.1, 0.15) is 25.0 Å². The molecule has 0 bridgehead atoms. The van der Waals surface area contributed by atoms with Crippen molar-refractivity contribution in [1.82, 2.24) is 15.3 Å². The quantitative estimate of drug-likeness (QED) is 0.733. The van der Waals surface area contributed by atoms with Crippen molar-refractivity contribution in [2.45, 2.75) is 38.0 Å². The number of aromatic nitrogens is 2. The molecule has 2 atom stereocenters. The Bertz CT molecular complexity index is 278. The highest BCUT2D eigenvalue weighted by Crippen LogP contribution is 2.18. The Hall–Kier alpha value is -1.00. The number of nitrogens with zero attached hydrogens (tertiary/aromatic N) is 2. The Kier molecular flexibility index (Phi) is 3.06. The molecule has 14 heavy (non-hydrogen) atoms. The van der Waals surface area contributed by atoms with Gasteiger partial charge in [0.2, 0.25) is 0 Å². The summed E-state index contributed by atoms with van der Waals surface area (Å²) in [5.41, 5.74) is 0.923. The fourth-order valence-corrected chi connectivity index (χ4v) is 1.84. The number of hydrogen-bond donors (Lipinski definition) is 2. The third-order valence-electron chi connectivity index (χ3n) is 2.64. The van der Waals surface area contributed by atoms with Gasteiger partial charge in [0.1, 0.15) is 0 Å². The first-order valence-electron chi connectivity index (χ1n) is 5.02. The fourth-order valence-electron chi connectivity index (χ4n) is 1.84. The highest BCUT2D eigenvalue weighted by atomic mass is 16.3. The molecule has 1 aromatic rings. The van der Waals surface area contributed by atoms with Gasteiger partial charge in [-0.25, -0.2) is 0 Å². The van der Waals surface area contributed by atoms with E-state index in [0.717, 1.165) is 25.0 Å². The van der Waals surface area contributed by atoms with E-state index >= 15 is 0 Å². The van der Waals surface area contributed by atoms with Crippen molar-refractivity contribution in [1.29, 1.82) is 0 Å². The molecule has 0 saturated heterocycles. The first kappa shape index (κ1) is 9.55. The summed E-state index contributed by atoms with van der Waals surface area (Å²) in [6, 6.07) is 0.233. The lowest BCUT2D eigenvalue weighted by Gasteiger charge is -2.15. The molecule has 0 aromatic carbocycles. The predicted octanol–water partition coefficient (Wildman–Crippen LogP) is 0.480. The van der Waals surface area contributed by atoms with Crippen molar-refractivity contribution in [2.24, 2.45) is 0 Å². The van der Waals surface area contributed by atoms with Crippen LogP contribution < -0.4 is 5.32 Å². The van der Waals surface area contributed by atoms with E-state index in [9.17, 15) is 5.11 Å². The Morgan fingerprint density at radius 1 is 1.43 bits per heavy atom. The maximum Gasteiger partial charge on any atom is 0.0724 e. The first-order valence-corrected chi connectivity index (χ1v) is 5.02. The third kappa shape index (κ3) is 2.27. The SMILES string of the molecule is O[C@@H]1CCC[C@H]1NCc1cnccn1. The van der Waals surface area contributed by atoms with E-state index in [1.165, 1.54) is 0 Å². The Morgan fingerprint density at radius 2 is 2.36 bits per heavy atom. The van der Waals surface area contributed by atoms with Gasteiger partial charge in [-0.3, -0.25) is 9.97 Å². The van der Waals surface area contributed by atoms with Gasteiger partial charge in [0.25, 0.3) is 0 Å². The van der Waals surface area contributed by atoms with Crippen LogP contribution in [0.25, 0.3) is 0 Å². The van der Waals surface area contributed by atoms with Crippen LogP contribution in [-0.4, -0.2) is 27.2 Å². The second-order valence-corrected chi connectivity index (χ2v) is 3.68. The van der Waals surface area contributed by atoms with Gasteiger partial charge in [-0.1, -0.05) is 0 Å². The highest BCUT2D eigenvalue weighted by molar-refractivity contribution is 4.95. The molecule has 4 heteroatoms. The normalized spacial score (nSPS) is 26.6. The summed E-state index contributed by atoms with van der Waals surface area (Å²) in [7, 11) is 0. The van der Waals surface area contributed by atoms with E-state index in [0.29, 0.717) is 6.54 Å². The lowest BCUT2D eigenvalue weighted by Crippen LogP contribution is -2.35. The van der Waals surface area contributed by atoms with E-state index < -0.39 is 0 Å². The van der Waals surface area contributed by atoms with Crippen LogP contribution in [0.15, 0.2) is 18.6 Å². The standard InChI is InChI=1S/C10H15N3O/c14-10-3-1-2-9(10)13-7-8-6-11-4-5-12-8/h4-6,9-10,13-14H,1-3,7H2/t9-,10-/m1/s1. The van der Waals surface area contributed by atoms with Gasteiger partial charge in [-0.05, 0) is 19.3 Å². The topological polar surface area (TPSA) is 58.0 Å². The summed E-state index contributed by atoms with van der Waals surface area (Å²) in [5, 5.41) is 12.9. The van der Waals surface area contributed by atoms with Gasteiger partial charge in [0.15, 0.2) is 0 Å². The minimum atomic E-state index is -0.188. The molecule has 1 aliphatic rings. The van der Waals surface area contributed by atoms with Gasteiger partial charge in [-0.2, -0.15) is 0 Å². The molecule has 0 radical (unpaired) electrons. The fraction of sp³-hybridized carbons (Fsp3) is 0.600. The second kappa shape index (κ2) is 4.48. The molecular weight excluding hydrogens is 178 g/mol. The van der Waals surface area contributed by atoms with E-state index in [2.05, 4.69) is 15.3 Å². The van der Waals surface area contributed by atoms with Crippen LogP contribution in [0.3, 0.4) is 0 Å². The van der Waals surface area contributed by atoms with Gasteiger partial charge in [-0.15, -0.1) is 0 Å². The Labute approximate surface area is 83.4 Å². The molecule has 1 aromatic heterocycles. The number of hydrogen-bond acceptors (Lipinski definition) is 4. The summed E-state index contributed by atoms with van der Waals surface area (Å²) in [6.07, 6.45) is 7.98. The third-order valence-corrected chi connectivity index (χ3v) is 2.64. The van der Waals surface area contributed by atoms with Gasteiger partial charge in [0.05, 0.1) is 11.8 Å². The number of aliphatic hydroxyl groups is 1. The molecular formula is C10H15N3O. The van der Waals surface area contributed by atoms with Crippen LogP contribution in [0.4, 0.5) is 0 Å². The smallest absolute Gasteiger partial charge is 0.0724 e. The summed E-state index contributed by atoms with van der Waals surface area (Å²) in [4.78, 5) is 8.14. The molecule has 2 rings (SSSR count). The maximum absolute atomic E-state index is 9.57. The maximum atomic E-state index is 9.57. The van der Waals surface area contributed by atoms with Gasteiger partial charge in [0, 0.05) is 31.2 Å². The zero-order chi connectivity index (χ0) is 9.80. The number of nitrogens with one attached hydrogen (secondary N) is 1. The van der Waals surface area contributed by atoms with E-state index in [1.54, 1.807) is 18.6 Å². The van der Waals surface area contributed by atoms with Crippen molar-refractivity contribution in [3.8, 4) is 0 Å². The van der Waals surface area contributed by atoms with Crippen molar-refractivity contribution in [3.63, 3.8) is 0 Å². The van der Waals surface area contributed by atoms with Crippen LogP contribution in [-0.2, 0) is 6.54 Å². The molecule has 1 fully saturated rings. The average Bonchev–Trinajstić information content (AvgIpc) is 2.63. The monoisotopic (exact) mass is 193 g/mol. The molecule has 1 aliphatic carbocycles. The lowest BCUT2D eigenvalue weighted by molar-refractivity contribution is 0.148. The molecule has 1 heterocycles. The van der Waals surface area contributed by atoms with Crippen LogP contribution in [0.5, 0.6) is 0 Å². The largest absolute Gasteiger partial charge is 0.392 e. The summed E-state index contributed by atoms with van der Waals surface area (Å²) >= 11 is 0. The lowest BCUT2D eigenvalue weighted by atomic mass is 10.2. The number of aliphatic hydroxyl groups excluding tert-OH is 1. The predicted molar refractivity (Wildman–Crippen MR) is 52.5 cm³/mol. The zero-order valence-corrected chi connectivity index (χ0v) is 8.06. The van der Waals surface area contributed by atoms with Crippen molar-refractivity contribution >= 4 is 0 Å². The van der Waals surface area contributed by atoms with Gasteiger partial charge >= 0.3 is 0 Å². The number of rotatable bonds is 3. The first-order chi connectivity index (χ1) is 6.86. The summed E-state index contributed by atoms with van der Waals surface area (Å²) in [6.45, 7) is 0.690. The van der Waals surface area contributed by atoms with Crippen LogP contribution in [0.2, 0.25) is 0 Å². The van der Waals surface area contributed by atoms with Crippen LogP contribution in [0, 0.1) is 0 Å². The second-order valence-electron chi connectivity index (χ2n) is 3.68. The summed E-state index contributed by atoms with van der Waals surface area (Å²) in [5.74, 6) is 0. The minimum Gasteiger partial charge on any atom is -0.392 e. The summed E-state index contributed by atoms with van der Waals surface area (Å²) < 4.78 is 0. The van der Waals surface area contributed by atoms with Crippen molar-refractivity contribution in [2.75, 3.05) is 0 Å². The molecule has 4 nitrogen and oxygen atoms in total. The molecule has 0 spiro atoms. The van der Waals surface area contributed by atoms with Crippen molar-refractivity contribution in [3.05, 3.63) is 24.3 Å². The minimum absolute atomic E-state index is 0.188. The Morgan fingerprint density at radius 3 is 3.00 bits per heavy atom. The zero-order valence-electron chi connectivity index (χ0n) is 8.06. The van der Waals surface area contributed by atoms with Gasteiger partial charge < -0.3 is 10.4 Å². The van der Waals surface area contributed by atoms with E-state index in [1.807, 2.05) is 0 Å². The Balaban J connectivity index is 1.82.